The second kappa shape index (κ2) is 12.9. The highest BCUT2D eigenvalue weighted by Gasteiger charge is 2.30. The molecular formula is C29H34N6O5S. The topological polar surface area (TPSA) is 144 Å². The lowest BCUT2D eigenvalue weighted by Gasteiger charge is -2.24. The molecule has 0 radical (unpaired) electrons. The molecule has 11 nitrogen and oxygen atoms in total. The van der Waals surface area contributed by atoms with Crippen LogP contribution in [-0.4, -0.2) is 59.8 Å². The van der Waals surface area contributed by atoms with Crippen molar-refractivity contribution in [2.45, 2.75) is 50.3 Å². The number of carbonyl (C=O) groups excluding carboxylic acids is 2. The first-order chi connectivity index (χ1) is 19.5. The molecule has 1 atom stereocenters. The van der Waals surface area contributed by atoms with E-state index in [-0.39, 0.29) is 11.4 Å². The number of amides is 1. The van der Waals surface area contributed by atoms with Crippen molar-refractivity contribution in [2.75, 3.05) is 18.4 Å². The van der Waals surface area contributed by atoms with Gasteiger partial charge in [0.25, 0.3) is 5.91 Å². The molecule has 0 aliphatic heterocycles. The zero-order valence-corrected chi connectivity index (χ0v) is 24.0. The summed E-state index contributed by atoms with van der Waals surface area (Å²) < 4.78 is 35.4. The summed E-state index contributed by atoms with van der Waals surface area (Å²) in [6, 6.07) is 17.2. The zero-order chi connectivity index (χ0) is 29.5. The Morgan fingerprint density at radius 3 is 2.49 bits per heavy atom. The summed E-state index contributed by atoms with van der Waals surface area (Å²) in [6.45, 7) is 6.13. The fourth-order valence-electron chi connectivity index (χ4n) is 4.02. The summed E-state index contributed by atoms with van der Waals surface area (Å²) >= 11 is 0. The van der Waals surface area contributed by atoms with Gasteiger partial charge < -0.3 is 15.4 Å². The number of aryl methyl sites for hydroxylation is 1. The summed E-state index contributed by atoms with van der Waals surface area (Å²) in [5, 5.41) is 11.2. The van der Waals surface area contributed by atoms with Crippen LogP contribution >= 0.6 is 0 Å². The lowest BCUT2D eigenvalue weighted by Crippen LogP contribution is -2.50. The van der Waals surface area contributed by atoms with E-state index >= 15 is 0 Å². The Morgan fingerprint density at radius 1 is 1.02 bits per heavy atom. The van der Waals surface area contributed by atoms with Crippen molar-refractivity contribution in [3.63, 3.8) is 0 Å². The van der Waals surface area contributed by atoms with E-state index in [4.69, 9.17) is 4.74 Å². The molecule has 0 saturated carbocycles. The summed E-state index contributed by atoms with van der Waals surface area (Å²) in [7, 11) is -4.05. The maximum Gasteiger partial charge on any atom is 0.326 e. The van der Waals surface area contributed by atoms with E-state index in [0.717, 1.165) is 29.7 Å². The number of hydrogen-bond donors (Lipinski definition) is 3. The Bertz CT molecular complexity index is 1580. The van der Waals surface area contributed by atoms with Gasteiger partial charge in [0.05, 0.1) is 16.6 Å². The van der Waals surface area contributed by atoms with Gasteiger partial charge in [0.2, 0.25) is 10.0 Å². The van der Waals surface area contributed by atoms with E-state index in [2.05, 4.69) is 25.4 Å². The fourth-order valence-corrected chi connectivity index (χ4v) is 5.22. The summed E-state index contributed by atoms with van der Waals surface area (Å²) in [6.07, 6.45) is 4.24. The number of carbonyl (C=O) groups is 2. The van der Waals surface area contributed by atoms with Gasteiger partial charge in [0.1, 0.15) is 17.5 Å². The standard InChI is InChI=1S/C29H34N6O5S/c1-29(2,3)40-28(37)24(34-41(38,39)23-10-5-4-6-11-23)20-32-27(36)21-13-14-25-22(18-21)19-33-35(25)17-9-16-31-26-12-7-8-15-30-26/h4-8,10-15,18-19,24,34H,9,16-17,20H2,1-3H3,(H,30,31)(H,32,36)/t24-/m0/s1. The minimum atomic E-state index is -4.05. The van der Waals surface area contributed by atoms with E-state index in [9.17, 15) is 18.0 Å². The molecule has 12 heteroatoms. The number of hydrogen-bond acceptors (Lipinski definition) is 8. The van der Waals surface area contributed by atoms with Gasteiger partial charge in [-0.1, -0.05) is 24.3 Å². The molecule has 216 valence electrons. The highest BCUT2D eigenvalue weighted by molar-refractivity contribution is 7.89. The molecule has 41 heavy (non-hydrogen) atoms. The number of ether oxygens (including phenoxy) is 1. The van der Waals surface area contributed by atoms with Crippen LogP contribution in [0.2, 0.25) is 0 Å². The smallest absolute Gasteiger partial charge is 0.326 e. The third kappa shape index (κ3) is 8.35. The first kappa shape index (κ1) is 29.7. The number of aromatic nitrogens is 3. The van der Waals surface area contributed by atoms with E-state index in [1.807, 2.05) is 28.9 Å². The molecule has 4 aromatic rings. The van der Waals surface area contributed by atoms with Crippen LogP contribution < -0.4 is 15.4 Å². The first-order valence-electron chi connectivity index (χ1n) is 13.2. The molecule has 0 fully saturated rings. The van der Waals surface area contributed by atoms with Gasteiger partial charge >= 0.3 is 5.97 Å². The molecule has 2 heterocycles. The van der Waals surface area contributed by atoms with Crippen LogP contribution in [0.4, 0.5) is 5.82 Å². The number of pyridine rings is 1. The summed E-state index contributed by atoms with van der Waals surface area (Å²) in [4.78, 5) is 30.1. The molecule has 0 unspecified atom stereocenters. The minimum absolute atomic E-state index is 0.00476. The van der Waals surface area contributed by atoms with E-state index in [0.29, 0.717) is 12.1 Å². The van der Waals surface area contributed by atoms with Crippen molar-refractivity contribution in [3.05, 3.63) is 84.7 Å². The Labute approximate surface area is 239 Å². The SMILES string of the molecule is CC(C)(C)OC(=O)[C@H](CNC(=O)c1ccc2c(cnn2CCCNc2ccccn2)c1)NS(=O)(=O)c1ccccc1. The minimum Gasteiger partial charge on any atom is -0.459 e. The normalized spacial score (nSPS) is 12.6. The molecule has 0 saturated heterocycles. The summed E-state index contributed by atoms with van der Waals surface area (Å²) in [5.74, 6) is -0.450. The van der Waals surface area contributed by atoms with E-state index in [1.54, 1.807) is 63.5 Å². The van der Waals surface area contributed by atoms with Crippen LogP contribution in [-0.2, 0) is 26.1 Å². The van der Waals surface area contributed by atoms with Gasteiger partial charge in [-0.3, -0.25) is 14.3 Å². The quantitative estimate of drug-likeness (QED) is 0.172. The molecule has 2 aromatic carbocycles. The maximum absolute atomic E-state index is 13.0. The number of nitrogens with zero attached hydrogens (tertiary/aromatic N) is 3. The Morgan fingerprint density at radius 2 is 1.78 bits per heavy atom. The molecule has 0 bridgehead atoms. The number of benzene rings is 2. The number of anilines is 1. The number of rotatable bonds is 12. The highest BCUT2D eigenvalue weighted by atomic mass is 32.2. The maximum atomic E-state index is 13.0. The van der Waals surface area contributed by atoms with Crippen LogP contribution in [0.15, 0.2) is 84.0 Å². The van der Waals surface area contributed by atoms with Crippen LogP contribution in [0.3, 0.4) is 0 Å². The third-order valence-corrected chi connectivity index (χ3v) is 7.42. The number of fused-ring (bicyclic) bond motifs is 1. The van der Waals surface area contributed by atoms with Crippen molar-refractivity contribution < 1.29 is 22.7 Å². The van der Waals surface area contributed by atoms with Crippen molar-refractivity contribution in [2.24, 2.45) is 0 Å². The van der Waals surface area contributed by atoms with Crippen molar-refractivity contribution in [1.29, 1.82) is 0 Å². The molecule has 0 aliphatic carbocycles. The molecule has 0 aliphatic rings. The van der Waals surface area contributed by atoms with Gasteiger partial charge in [0, 0.05) is 36.8 Å². The molecule has 3 N–H and O–H groups in total. The van der Waals surface area contributed by atoms with Gasteiger partial charge in [-0.25, -0.2) is 13.4 Å². The monoisotopic (exact) mass is 578 g/mol. The Hall–Kier alpha value is -4.29. The van der Waals surface area contributed by atoms with Gasteiger partial charge in [-0.15, -0.1) is 0 Å². The second-order valence-electron chi connectivity index (χ2n) is 10.4. The molecule has 1 amide bonds. The zero-order valence-electron chi connectivity index (χ0n) is 23.2. The van der Waals surface area contributed by atoms with E-state index < -0.39 is 33.5 Å². The predicted molar refractivity (Wildman–Crippen MR) is 156 cm³/mol. The molecule has 0 spiro atoms. The first-order valence-corrected chi connectivity index (χ1v) is 14.7. The Balaban J connectivity index is 1.39. The third-order valence-electron chi connectivity index (χ3n) is 5.93. The molecule has 2 aromatic heterocycles. The largest absolute Gasteiger partial charge is 0.459 e. The summed E-state index contributed by atoms with van der Waals surface area (Å²) in [5.41, 5.74) is 0.376. The second-order valence-corrected chi connectivity index (χ2v) is 12.1. The highest BCUT2D eigenvalue weighted by Crippen LogP contribution is 2.17. The number of nitrogens with one attached hydrogen (secondary N) is 3. The van der Waals surface area contributed by atoms with Crippen LogP contribution in [0.1, 0.15) is 37.6 Å². The lowest BCUT2D eigenvalue weighted by atomic mass is 10.1. The van der Waals surface area contributed by atoms with Crippen LogP contribution in [0.25, 0.3) is 10.9 Å². The predicted octanol–water partition coefficient (Wildman–Crippen LogP) is 3.35. The number of esters is 1. The fraction of sp³-hybridized carbons (Fsp3) is 0.310. The van der Waals surface area contributed by atoms with Crippen molar-refractivity contribution >= 4 is 38.6 Å². The van der Waals surface area contributed by atoms with Gasteiger partial charge in [-0.05, 0) is 69.7 Å². The van der Waals surface area contributed by atoms with E-state index in [1.165, 1.54) is 12.1 Å². The van der Waals surface area contributed by atoms with Crippen molar-refractivity contribution in [1.82, 2.24) is 24.8 Å². The molecular weight excluding hydrogens is 544 g/mol. The van der Waals surface area contributed by atoms with Crippen molar-refractivity contribution in [3.8, 4) is 0 Å². The van der Waals surface area contributed by atoms with Gasteiger partial charge in [0.15, 0.2) is 0 Å². The number of sulfonamides is 1. The average Bonchev–Trinajstić information content (AvgIpc) is 3.35. The lowest BCUT2D eigenvalue weighted by molar-refractivity contribution is -0.156. The molecule has 4 rings (SSSR count). The van der Waals surface area contributed by atoms with Crippen LogP contribution in [0.5, 0.6) is 0 Å². The average molecular weight is 579 g/mol. The van der Waals surface area contributed by atoms with Crippen LogP contribution in [0, 0.1) is 0 Å². The van der Waals surface area contributed by atoms with Gasteiger partial charge in [-0.2, -0.15) is 9.82 Å². The Kier molecular flexibility index (Phi) is 9.35.